The molecule has 3 aromatic rings. The summed E-state index contributed by atoms with van der Waals surface area (Å²) in [5.74, 6) is -0.153. The van der Waals surface area contributed by atoms with Gasteiger partial charge in [-0.3, -0.25) is 14.9 Å². The minimum absolute atomic E-state index is 0.0486. The van der Waals surface area contributed by atoms with Gasteiger partial charge < -0.3 is 4.90 Å². The molecule has 1 unspecified atom stereocenters. The zero-order valence-electron chi connectivity index (χ0n) is 15.7. The van der Waals surface area contributed by atoms with Crippen molar-refractivity contribution in [1.29, 1.82) is 0 Å². The number of fused-ring (bicyclic) bond motifs is 1. The van der Waals surface area contributed by atoms with E-state index in [2.05, 4.69) is 5.32 Å². The van der Waals surface area contributed by atoms with Crippen LogP contribution in [0.15, 0.2) is 66.7 Å². The quantitative estimate of drug-likeness (QED) is 0.609. The third-order valence-electron chi connectivity index (χ3n) is 5.08. The van der Waals surface area contributed by atoms with Crippen LogP contribution in [0.25, 0.3) is 0 Å². The molecular formula is C23H18Cl2N2O2. The first-order valence-electron chi connectivity index (χ1n) is 9.13. The molecule has 4 nitrogen and oxygen atoms in total. The summed E-state index contributed by atoms with van der Waals surface area (Å²) < 4.78 is 0. The van der Waals surface area contributed by atoms with Crippen molar-refractivity contribution in [3.63, 3.8) is 0 Å². The summed E-state index contributed by atoms with van der Waals surface area (Å²) >= 11 is 12.1. The van der Waals surface area contributed by atoms with Crippen molar-refractivity contribution in [3.05, 3.63) is 99.0 Å². The number of carbonyl (C=O) groups excluding carboxylic acids is 2. The molecular weight excluding hydrogens is 407 g/mol. The second kappa shape index (κ2) is 7.99. The van der Waals surface area contributed by atoms with E-state index in [1.807, 2.05) is 30.3 Å². The van der Waals surface area contributed by atoms with Crippen molar-refractivity contribution in [2.24, 2.45) is 0 Å². The summed E-state index contributed by atoms with van der Waals surface area (Å²) in [5.41, 5.74) is 3.64. The normalized spacial score (nSPS) is 16.3. The molecule has 1 heterocycles. The molecule has 0 bridgehead atoms. The van der Waals surface area contributed by atoms with Crippen molar-refractivity contribution in [2.75, 3.05) is 18.5 Å². The fraction of sp³-hybridized carbons (Fsp3) is 0.130. The SMILES string of the molecule is CN1C(=O)CNC(c2cccc(Cl)c2)c2cc(C(=O)c3ccc(Cl)cc3)ccc21. The minimum atomic E-state index is -0.268. The Labute approximate surface area is 179 Å². The molecule has 0 fully saturated rings. The standard InChI is InChI=1S/C23H18Cl2N2O2/c1-27-20-10-7-16(23(29)14-5-8-17(24)9-6-14)12-19(20)22(26-13-21(27)28)15-3-2-4-18(25)11-15/h2-12,22,26H,13H2,1H3. The number of nitrogens with one attached hydrogen (secondary N) is 1. The van der Waals surface area contributed by atoms with Gasteiger partial charge in [0.25, 0.3) is 0 Å². The van der Waals surface area contributed by atoms with Crippen LogP contribution in [-0.2, 0) is 4.79 Å². The highest BCUT2D eigenvalue weighted by Crippen LogP contribution is 2.34. The van der Waals surface area contributed by atoms with Gasteiger partial charge in [-0.1, -0.05) is 35.3 Å². The molecule has 0 spiro atoms. The second-order valence-electron chi connectivity index (χ2n) is 6.93. The maximum atomic E-state index is 13.0. The van der Waals surface area contributed by atoms with E-state index in [-0.39, 0.29) is 24.3 Å². The lowest BCUT2D eigenvalue weighted by atomic mass is 9.93. The van der Waals surface area contributed by atoms with Crippen LogP contribution in [0.1, 0.15) is 33.1 Å². The summed E-state index contributed by atoms with van der Waals surface area (Å²) in [7, 11) is 1.74. The van der Waals surface area contributed by atoms with Gasteiger partial charge in [-0.25, -0.2) is 0 Å². The zero-order chi connectivity index (χ0) is 20.5. The zero-order valence-corrected chi connectivity index (χ0v) is 17.2. The number of ketones is 1. The van der Waals surface area contributed by atoms with Gasteiger partial charge in [-0.2, -0.15) is 0 Å². The molecule has 0 aromatic heterocycles. The van der Waals surface area contributed by atoms with Gasteiger partial charge in [-0.05, 0) is 65.7 Å². The minimum Gasteiger partial charge on any atom is -0.314 e. The Morgan fingerprint density at radius 3 is 2.41 bits per heavy atom. The van der Waals surface area contributed by atoms with Gasteiger partial charge in [0.2, 0.25) is 5.91 Å². The molecule has 4 rings (SSSR count). The number of hydrogen-bond acceptors (Lipinski definition) is 3. The Bertz CT molecular complexity index is 1100. The Kier molecular flexibility index (Phi) is 5.41. The molecule has 1 N–H and O–H groups in total. The van der Waals surface area contributed by atoms with Gasteiger partial charge in [0.15, 0.2) is 5.78 Å². The van der Waals surface area contributed by atoms with Crippen LogP contribution in [0, 0.1) is 0 Å². The number of carbonyl (C=O) groups is 2. The molecule has 0 saturated carbocycles. The fourth-order valence-corrected chi connectivity index (χ4v) is 3.86. The van der Waals surface area contributed by atoms with Gasteiger partial charge in [0, 0.05) is 33.9 Å². The molecule has 0 aliphatic carbocycles. The number of nitrogens with zero attached hydrogens (tertiary/aromatic N) is 1. The van der Waals surface area contributed by atoms with Crippen LogP contribution in [-0.4, -0.2) is 25.3 Å². The third kappa shape index (κ3) is 3.92. The highest BCUT2D eigenvalue weighted by Gasteiger charge is 2.27. The largest absolute Gasteiger partial charge is 0.314 e. The number of anilines is 1. The molecule has 1 aliphatic heterocycles. The Hall–Kier alpha value is -2.66. The van der Waals surface area contributed by atoms with E-state index in [4.69, 9.17) is 23.2 Å². The predicted molar refractivity (Wildman–Crippen MR) is 116 cm³/mol. The van der Waals surface area contributed by atoms with Crippen LogP contribution in [0.3, 0.4) is 0 Å². The molecule has 29 heavy (non-hydrogen) atoms. The van der Waals surface area contributed by atoms with Crippen molar-refractivity contribution in [2.45, 2.75) is 6.04 Å². The summed E-state index contributed by atoms with van der Waals surface area (Å²) in [6.45, 7) is 0.183. The fourth-order valence-electron chi connectivity index (χ4n) is 3.54. The summed E-state index contributed by atoms with van der Waals surface area (Å²) in [6, 6.07) is 19.5. The van der Waals surface area contributed by atoms with E-state index in [0.717, 1.165) is 16.8 Å². The van der Waals surface area contributed by atoms with Crippen LogP contribution >= 0.6 is 23.2 Å². The topological polar surface area (TPSA) is 49.4 Å². The third-order valence-corrected chi connectivity index (χ3v) is 5.57. The lowest BCUT2D eigenvalue weighted by molar-refractivity contribution is -0.117. The van der Waals surface area contributed by atoms with Crippen molar-refractivity contribution in [3.8, 4) is 0 Å². The lowest BCUT2D eigenvalue weighted by Gasteiger charge is -2.22. The summed E-state index contributed by atoms with van der Waals surface area (Å²) in [4.78, 5) is 27.1. The number of hydrogen-bond donors (Lipinski definition) is 1. The van der Waals surface area contributed by atoms with Crippen LogP contribution in [0.4, 0.5) is 5.69 Å². The highest BCUT2D eigenvalue weighted by molar-refractivity contribution is 6.31. The molecule has 146 valence electrons. The number of rotatable bonds is 3. The first-order chi connectivity index (χ1) is 13.9. The Morgan fingerprint density at radius 2 is 1.69 bits per heavy atom. The van der Waals surface area contributed by atoms with Gasteiger partial charge in [0.05, 0.1) is 12.6 Å². The average molecular weight is 425 g/mol. The number of benzene rings is 3. The average Bonchev–Trinajstić information content (AvgIpc) is 2.85. The maximum absolute atomic E-state index is 13.0. The highest BCUT2D eigenvalue weighted by atomic mass is 35.5. The smallest absolute Gasteiger partial charge is 0.240 e. The van der Waals surface area contributed by atoms with Crippen molar-refractivity contribution < 1.29 is 9.59 Å². The first kappa shape index (κ1) is 19.6. The molecule has 0 radical (unpaired) electrons. The van der Waals surface area contributed by atoms with Crippen molar-refractivity contribution >= 4 is 40.6 Å². The molecule has 0 saturated heterocycles. The van der Waals surface area contributed by atoms with Gasteiger partial charge in [-0.15, -0.1) is 0 Å². The Balaban J connectivity index is 1.82. The van der Waals surface area contributed by atoms with Gasteiger partial charge in [0.1, 0.15) is 0 Å². The Morgan fingerprint density at radius 1 is 0.966 bits per heavy atom. The van der Waals surface area contributed by atoms with Crippen LogP contribution in [0.5, 0.6) is 0 Å². The molecule has 6 heteroatoms. The maximum Gasteiger partial charge on any atom is 0.240 e. The molecule has 1 amide bonds. The number of amides is 1. The summed E-state index contributed by atoms with van der Waals surface area (Å²) in [6.07, 6.45) is 0. The molecule has 1 aliphatic rings. The first-order valence-corrected chi connectivity index (χ1v) is 9.89. The predicted octanol–water partition coefficient (Wildman–Crippen LogP) is 4.88. The molecule has 1 atom stereocenters. The lowest BCUT2D eigenvalue weighted by Crippen LogP contribution is -2.33. The summed E-state index contributed by atoms with van der Waals surface area (Å²) in [5, 5.41) is 4.49. The molecule has 3 aromatic carbocycles. The number of halogens is 2. The van der Waals surface area contributed by atoms with E-state index < -0.39 is 0 Å². The van der Waals surface area contributed by atoms with Gasteiger partial charge >= 0.3 is 0 Å². The van der Waals surface area contributed by atoms with Crippen LogP contribution in [0.2, 0.25) is 10.0 Å². The van der Waals surface area contributed by atoms with E-state index in [9.17, 15) is 9.59 Å². The number of likely N-dealkylation sites (N-methyl/N-ethyl adjacent to an activating group) is 1. The van der Waals surface area contributed by atoms with Crippen molar-refractivity contribution in [1.82, 2.24) is 5.32 Å². The van der Waals surface area contributed by atoms with E-state index in [1.165, 1.54) is 0 Å². The second-order valence-corrected chi connectivity index (χ2v) is 7.80. The monoisotopic (exact) mass is 424 g/mol. The van der Waals surface area contributed by atoms with E-state index in [0.29, 0.717) is 21.2 Å². The van der Waals surface area contributed by atoms with E-state index >= 15 is 0 Å². The van der Waals surface area contributed by atoms with E-state index in [1.54, 1.807) is 48.3 Å². The van der Waals surface area contributed by atoms with Crippen LogP contribution < -0.4 is 10.2 Å².